The summed E-state index contributed by atoms with van der Waals surface area (Å²) in [5, 5.41) is 3.05. The first kappa shape index (κ1) is 73.9. The number of allylic oxidation sites excluding steroid dienone is 15. The van der Waals surface area contributed by atoms with E-state index in [-0.39, 0.29) is 31.5 Å². The zero-order chi connectivity index (χ0) is 56.4. The van der Waals surface area contributed by atoms with Crippen LogP contribution in [0.2, 0.25) is 0 Å². The monoisotopic (exact) mass is 1100 g/mol. The smallest absolute Gasteiger partial charge is 0.456 e. The van der Waals surface area contributed by atoms with E-state index in [0.717, 1.165) is 109 Å². The molecule has 0 radical (unpaired) electrons. The van der Waals surface area contributed by atoms with E-state index in [1.54, 1.807) is 0 Å². The Balaban J connectivity index is 5.19. The molecule has 10 heteroatoms. The molecule has 1 amide bonds. The molecule has 3 atom stereocenters. The van der Waals surface area contributed by atoms with Crippen LogP contribution in [0.25, 0.3) is 0 Å². The van der Waals surface area contributed by atoms with Crippen molar-refractivity contribution in [2.75, 3.05) is 40.9 Å². The fraction of sp³-hybridized carbons (Fsp3) is 0.731. The minimum atomic E-state index is -4.46. The van der Waals surface area contributed by atoms with Crippen molar-refractivity contribution in [3.8, 4) is 0 Å². The van der Waals surface area contributed by atoms with E-state index in [0.29, 0.717) is 23.9 Å². The Hall–Kier alpha value is -3.07. The molecule has 0 rings (SSSR count). The number of unbranched alkanes of at least 4 members (excludes halogenated alkanes) is 28. The van der Waals surface area contributed by atoms with Crippen molar-refractivity contribution in [3.05, 3.63) is 97.2 Å². The average molecular weight is 1100 g/mol. The normalized spacial score (nSPS) is 14.3. The van der Waals surface area contributed by atoms with Gasteiger partial charge in [0.25, 0.3) is 0 Å². The second-order valence-electron chi connectivity index (χ2n) is 22.3. The van der Waals surface area contributed by atoms with Gasteiger partial charge in [0.05, 0.1) is 33.8 Å². The molecule has 0 aliphatic heterocycles. The molecule has 0 bridgehead atoms. The van der Waals surface area contributed by atoms with Gasteiger partial charge in [0.1, 0.15) is 19.3 Å². The number of nitrogens with one attached hydrogen (secondary N) is 1. The predicted octanol–water partition coefficient (Wildman–Crippen LogP) is 19.6. The minimum Gasteiger partial charge on any atom is -0.456 e. The van der Waals surface area contributed by atoms with Gasteiger partial charge in [0.2, 0.25) is 5.91 Å². The van der Waals surface area contributed by atoms with Gasteiger partial charge in [-0.3, -0.25) is 18.6 Å². The molecule has 0 spiro atoms. The number of carbonyl (C=O) groups excluding carboxylic acids is 2. The van der Waals surface area contributed by atoms with Gasteiger partial charge in [-0.25, -0.2) is 4.57 Å². The van der Waals surface area contributed by atoms with E-state index in [1.165, 1.54) is 116 Å². The average Bonchev–Trinajstić information content (AvgIpc) is 3.39. The highest BCUT2D eigenvalue weighted by Gasteiger charge is 2.30. The zero-order valence-electron chi connectivity index (χ0n) is 50.7. The summed E-state index contributed by atoms with van der Waals surface area (Å²) in [5.74, 6) is -0.538. The third-order valence-electron chi connectivity index (χ3n) is 13.6. The van der Waals surface area contributed by atoms with Gasteiger partial charge in [-0.15, -0.1) is 0 Å². The summed E-state index contributed by atoms with van der Waals surface area (Å²) in [6, 6.07) is -0.865. The number of amides is 1. The SMILES string of the molecule is CC/C=C/C=C/C=C\CCCCCCCC(=O)OC(/C=C\CCCCCCCCCCCCC)C(COP(=O)(O)OCC[N+](C)(C)C)NC(=O)CCCCCCCCCCC/C=C\C/C=C\C/C=C\C/C=C\CCCCC. The number of rotatable bonds is 56. The van der Waals surface area contributed by atoms with E-state index in [2.05, 4.69) is 111 Å². The molecule has 0 saturated carbocycles. The van der Waals surface area contributed by atoms with Crippen LogP contribution in [0.4, 0.5) is 0 Å². The van der Waals surface area contributed by atoms with Crippen molar-refractivity contribution >= 4 is 19.7 Å². The lowest BCUT2D eigenvalue weighted by Crippen LogP contribution is -2.47. The topological polar surface area (TPSA) is 111 Å². The van der Waals surface area contributed by atoms with E-state index in [9.17, 15) is 19.0 Å². The van der Waals surface area contributed by atoms with Crippen LogP contribution in [-0.4, -0.2) is 74.3 Å². The van der Waals surface area contributed by atoms with Gasteiger partial charge >= 0.3 is 13.8 Å². The Morgan fingerprint density at radius 2 is 0.883 bits per heavy atom. The number of esters is 1. The van der Waals surface area contributed by atoms with Gasteiger partial charge in [-0.2, -0.15) is 0 Å². The van der Waals surface area contributed by atoms with Crippen molar-refractivity contribution in [1.29, 1.82) is 0 Å². The third-order valence-corrected chi connectivity index (χ3v) is 14.6. The summed E-state index contributed by atoms with van der Waals surface area (Å²) in [6.07, 6.45) is 75.5. The number of hydrogen-bond acceptors (Lipinski definition) is 6. The van der Waals surface area contributed by atoms with Crippen LogP contribution in [0, 0.1) is 0 Å². The van der Waals surface area contributed by atoms with E-state index in [4.69, 9.17) is 13.8 Å². The fourth-order valence-corrected chi connectivity index (χ4v) is 9.42. The second kappa shape index (κ2) is 56.2. The Labute approximate surface area is 475 Å². The van der Waals surface area contributed by atoms with Crippen molar-refractivity contribution in [1.82, 2.24) is 5.32 Å². The van der Waals surface area contributed by atoms with E-state index < -0.39 is 20.0 Å². The summed E-state index contributed by atoms with van der Waals surface area (Å²) in [6.45, 7) is 6.83. The summed E-state index contributed by atoms with van der Waals surface area (Å²) in [5.41, 5.74) is 0. The number of nitrogens with zero attached hydrogens (tertiary/aromatic N) is 1. The molecule has 0 heterocycles. The van der Waals surface area contributed by atoms with Gasteiger partial charge in [0.15, 0.2) is 0 Å². The predicted molar refractivity (Wildman–Crippen MR) is 332 cm³/mol. The van der Waals surface area contributed by atoms with Crippen molar-refractivity contribution in [2.24, 2.45) is 0 Å². The molecule has 0 aliphatic carbocycles. The highest BCUT2D eigenvalue weighted by Crippen LogP contribution is 2.43. The van der Waals surface area contributed by atoms with Crippen LogP contribution in [0.1, 0.15) is 265 Å². The second-order valence-corrected chi connectivity index (χ2v) is 23.7. The molecule has 77 heavy (non-hydrogen) atoms. The summed E-state index contributed by atoms with van der Waals surface area (Å²) < 4.78 is 30.7. The molecule has 2 N–H and O–H groups in total. The number of ether oxygens (including phenoxy) is 1. The molecule has 0 aliphatic rings. The number of carbonyl (C=O) groups is 2. The molecule has 444 valence electrons. The van der Waals surface area contributed by atoms with Crippen LogP contribution in [0.5, 0.6) is 0 Å². The third kappa shape index (κ3) is 57.4. The maximum atomic E-state index is 13.6. The molecular weight excluding hydrogens is 976 g/mol. The molecule has 0 aromatic rings. The van der Waals surface area contributed by atoms with E-state index >= 15 is 0 Å². The molecular formula is C67H120N2O7P+. The van der Waals surface area contributed by atoms with Crippen LogP contribution in [0.3, 0.4) is 0 Å². The van der Waals surface area contributed by atoms with Gasteiger partial charge < -0.3 is 19.4 Å². The zero-order valence-corrected chi connectivity index (χ0v) is 51.6. The lowest BCUT2D eigenvalue weighted by molar-refractivity contribution is -0.870. The Morgan fingerprint density at radius 3 is 1.38 bits per heavy atom. The fourth-order valence-electron chi connectivity index (χ4n) is 8.69. The molecule has 0 fully saturated rings. The Kier molecular flexibility index (Phi) is 54.0. The minimum absolute atomic E-state index is 0.0311. The number of quaternary nitrogens is 1. The Bertz CT molecular complexity index is 1640. The summed E-state index contributed by atoms with van der Waals surface area (Å²) in [7, 11) is 1.47. The molecule has 0 aromatic heterocycles. The first-order chi connectivity index (χ1) is 37.4. The summed E-state index contributed by atoms with van der Waals surface area (Å²) in [4.78, 5) is 37.7. The number of phosphoric acid groups is 1. The number of phosphoric ester groups is 1. The van der Waals surface area contributed by atoms with Crippen molar-refractivity contribution in [3.63, 3.8) is 0 Å². The van der Waals surface area contributed by atoms with Gasteiger partial charge in [-0.1, -0.05) is 253 Å². The molecule has 3 unspecified atom stereocenters. The standard InChI is InChI=1S/C67H119N2O7P/c1-7-10-13-16-19-22-25-28-29-30-31-32-33-34-35-36-37-38-39-42-44-47-50-53-56-59-66(70)68-64(63-75-77(72,73)74-62-61-69(4,5)6)65(58-55-52-49-46-43-40-26-23-20-17-14-11-8-2)76-67(71)60-57-54-51-48-45-41-27-24-21-18-15-12-9-3/h12,15,18-19,21-22,24,27-29,31-32,34-35,55,58,64-65H,7-11,13-14,16-17,20,23,25-26,30,33,36-54,56-57,59-63H2,1-6H3,(H-,68,70,72,73)/p+1/b15-12+,21-18+,22-19-,27-24-,29-28-,32-31-,35-34-,58-55-. The number of likely N-dealkylation sites (N-methyl/N-ethyl adjacent to an activating group) is 1. The quantitative estimate of drug-likeness (QED) is 0.0156. The lowest BCUT2D eigenvalue weighted by Gasteiger charge is -2.27. The van der Waals surface area contributed by atoms with Gasteiger partial charge in [-0.05, 0) is 96.0 Å². The van der Waals surface area contributed by atoms with Crippen LogP contribution >= 0.6 is 7.82 Å². The largest absolute Gasteiger partial charge is 0.472 e. The maximum Gasteiger partial charge on any atom is 0.472 e. The first-order valence-corrected chi connectivity index (χ1v) is 33.1. The number of hydrogen-bond donors (Lipinski definition) is 2. The lowest BCUT2D eigenvalue weighted by atomic mass is 10.0. The molecule has 0 aromatic carbocycles. The van der Waals surface area contributed by atoms with Crippen LogP contribution in [-0.2, 0) is 27.9 Å². The Morgan fingerprint density at radius 1 is 0.481 bits per heavy atom. The van der Waals surface area contributed by atoms with Gasteiger partial charge in [0, 0.05) is 12.8 Å². The van der Waals surface area contributed by atoms with Crippen LogP contribution < -0.4 is 5.32 Å². The highest BCUT2D eigenvalue weighted by molar-refractivity contribution is 7.47. The summed E-state index contributed by atoms with van der Waals surface area (Å²) >= 11 is 0. The highest BCUT2D eigenvalue weighted by atomic mass is 31.2. The van der Waals surface area contributed by atoms with E-state index in [1.807, 2.05) is 33.3 Å². The molecule has 9 nitrogen and oxygen atoms in total. The van der Waals surface area contributed by atoms with Crippen molar-refractivity contribution < 1.29 is 37.3 Å². The van der Waals surface area contributed by atoms with Crippen molar-refractivity contribution in [2.45, 2.75) is 277 Å². The van der Waals surface area contributed by atoms with Crippen LogP contribution in [0.15, 0.2) is 97.2 Å². The first-order valence-electron chi connectivity index (χ1n) is 31.6. The maximum absolute atomic E-state index is 13.6. The molecule has 0 saturated heterocycles.